The number of anilines is 1. The molecular weight excluding hydrogens is 579 g/mol. The zero-order chi connectivity index (χ0) is 26.8. The lowest BCUT2D eigenvalue weighted by Crippen LogP contribution is -2.18. The summed E-state index contributed by atoms with van der Waals surface area (Å²) in [5, 5.41) is 3.00. The first kappa shape index (κ1) is 26.5. The van der Waals surface area contributed by atoms with Crippen LogP contribution in [0.2, 0.25) is 0 Å². The highest BCUT2D eigenvalue weighted by Gasteiger charge is 2.32. The van der Waals surface area contributed by atoms with E-state index in [1.807, 2.05) is 0 Å². The molecule has 0 aliphatic carbocycles. The molecule has 0 spiro atoms. The number of fused-ring (bicyclic) bond motifs is 1. The Kier molecular flexibility index (Phi) is 7.46. The lowest BCUT2D eigenvalue weighted by Gasteiger charge is -2.11. The Morgan fingerprint density at radius 2 is 1.86 bits per heavy atom. The van der Waals surface area contributed by atoms with Crippen molar-refractivity contribution >= 4 is 43.5 Å². The van der Waals surface area contributed by atoms with E-state index in [9.17, 15) is 26.4 Å². The van der Waals surface area contributed by atoms with Crippen LogP contribution in [0.15, 0.2) is 76.2 Å². The average molecular weight is 598 g/mol. The van der Waals surface area contributed by atoms with Gasteiger partial charge in [0.15, 0.2) is 0 Å². The minimum Gasteiger partial charge on any atom is -0.465 e. The third-order valence-corrected chi connectivity index (χ3v) is 6.76. The van der Waals surface area contributed by atoms with Gasteiger partial charge in [-0.05, 0) is 65.3 Å². The summed E-state index contributed by atoms with van der Waals surface area (Å²) in [6.07, 6.45) is -2.98. The number of benzene rings is 2. The molecular formula is C24H19BrF3N3O5S. The summed E-state index contributed by atoms with van der Waals surface area (Å²) in [7, 11) is -4.57. The van der Waals surface area contributed by atoms with E-state index in [0.29, 0.717) is 28.8 Å². The van der Waals surface area contributed by atoms with Crippen LogP contribution in [0.25, 0.3) is 16.9 Å². The number of ether oxygens (including phenoxy) is 1. The number of pyridine rings is 1. The number of rotatable bonds is 8. The van der Waals surface area contributed by atoms with Gasteiger partial charge in [0.1, 0.15) is 34.3 Å². The molecule has 13 heteroatoms. The van der Waals surface area contributed by atoms with E-state index in [2.05, 4.69) is 26.2 Å². The third kappa shape index (κ3) is 6.05. The fourth-order valence-electron chi connectivity index (χ4n) is 3.45. The van der Waals surface area contributed by atoms with Crippen LogP contribution in [0.1, 0.15) is 12.5 Å². The molecule has 2 aromatic heterocycles. The van der Waals surface area contributed by atoms with Crippen LogP contribution >= 0.6 is 15.9 Å². The van der Waals surface area contributed by atoms with Gasteiger partial charge in [-0.25, -0.2) is 4.98 Å². The fraction of sp³-hybridized carbons (Fsp3) is 0.167. The van der Waals surface area contributed by atoms with Crippen LogP contribution in [0, 0.1) is 0 Å². The monoisotopic (exact) mass is 597 g/mol. The second-order valence-electron chi connectivity index (χ2n) is 7.63. The first-order valence-corrected chi connectivity index (χ1v) is 13.0. The molecule has 0 radical (unpaired) electrons. The van der Waals surface area contributed by atoms with Gasteiger partial charge in [0.25, 0.3) is 0 Å². The maximum Gasteiger partial charge on any atom is 0.416 e. The molecule has 0 aliphatic heterocycles. The third-order valence-electron chi connectivity index (χ3n) is 5.05. The first-order valence-electron chi connectivity index (χ1n) is 10.8. The first-order chi connectivity index (χ1) is 17.5. The van der Waals surface area contributed by atoms with Gasteiger partial charge in [-0.2, -0.15) is 21.6 Å². The van der Waals surface area contributed by atoms with Gasteiger partial charge >= 0.3 is 22.3 Å². The molecule has 0 aliphatic rings. The van der Waals surface area contributed by atoms with Crippen molar-refractivity contribution in [3.05, 3.63) is 76.9 Å². The number of aromatic nitrogens is 2. The lowest BCUT2D eigenvalue weighted by atomic mass is 10.1. The number of nitrogens with zero attached hydrogens (tertiary/aromatic N) is 2. The number of alkyl halides is 3. The van der Waals surface area contributed by atoms with Gasteiger partial charge in [-0.1, -0.05) is 18.2 Å². The highest BCUT2D eigenvalue weighted by atomic mass is 79.9. The van der Waals surface area contributed by atoms with Crippen LogP contribution in [-0.2, 0) is 25.8 Å². The topological polar surface area (TPSA) is 99.0 Å². The Morgan fingerprint density at radius 1 is 1.11 bits per heavy atom. The molecule has 0 saturated carbocycles. The Morgan fingerprint density at radius 3 is 2.59 bits per heavy atom. The summed E-state index contributed by atoms with van der Waals surface area (Å²) in [5.74, 6) is -0.186. The van der Waals surface area contributed by atoms with Gasteiger partial charge in [0.2, 0.25) is 0 Å². The van der Waals surface area contributed by atoms with Crippen LogP contribution in [0.5, 0.6) is 5.75 Å². The Balaban J connectivity index is 1.70. The number of carbonyl (C=O) groups excluding carboxylic acids is 1. The molecule has 0 bridgehead atoms. The standard InChI is InChI=1S/C24H19BrF3N3O5S/c1-2-35-21(32)13-29-23-22(30-20-10-9-17(25)14-31(20)23)15-5-3-7-18(11-15)36-37(33,34)19-8-4-6-16(12-19)24(26,27)28/h3-12,14,29H,2,13H2,1H3. The summed E-state index contributed by atoms with van der Waals surface area (Å²) in [4.78, 5) is 15.9. The van der Waals surface area contributed by atoms with E-state index in [-0.39, 0.29) is 18.9 Å². The van der Waals surface area contributed by atoms with E-state index in [1.165, 1.54) is 18.2 Å². The summed E-state index contributed by atoms with van der Waals surface area (Å²) < 4.78 is 77.2. The van der Waals surface area contributed by atoms with E-state index in [1.54, 1.807) is 35.7 Å². The van der Waals surface area contributed by atoms with Crippen LogP contribution < -0.4 is 9.50 Å². The van der Waals surface area contributed by atoms with Crippen molar-refractivity contribution in [1.29, 1.82) is 0 Å². The molecule has 0 amide bonds. The minimum atomic E-state index is -4.71. The predicted molar refractivity (Wildman–Crippen MR) is 133 cm³/mol. The second kappa shape index (κ2) is 10.4. The number of carbonyl (C=O) groups is 1. The van der Waals surface area contributed by atoms with Crippen molar-refractivity contribution in [1.82, 2.24) is 9.38 Å². The van der Waals surface area contributed by atoms with E-state index >= 15 is 0 Å². The minimum absolute atomic E-state index is 0.135. The Labute approximate surface area is 218 Å². The molecule has 194 valence electrons. The van der Waals surface area contributed by atoms with Crippen LogP contribution in [-0.4, -0.2) is 36.9 Å². The number of hydrogen-bond donors (Lipinski definition) is 1. The normalized spacial score (nSPS) is 11.9. The molecule has 0 fully saturated rings. The van der Waals surface area contributed by atoms with Crippen LogP contribution in [0.3, 0.4) is 0 Å². The van der Waals surface area contributed by atoms with E-state index < -0.39 is 32.7 Å². The Hall–Kier alpha value is -3.58. The van der Waals surface area contributed by atoms with Gasteiger partial charge in [-0.15, -0.1) is 0 Å². The van der Waals surface area contributed by atoms with E-state index in [4.69, 9.17) is 8.92 Å². The van der Waals surface area contributed by atoms with Crippen molar-refractivity contribution in [3.8, 4) is 17.0 Å². The van der Waals surface area contributed by atoms with Crippen LogP contribution in [0.4, 0.5) is 19.0 Å². The van der Waals surface area contributed by atoms with Gasteiger partial charge in [-0.3, -0.25) is 9.20 Å². The molecule has 4 rings (SSSR count). The highest BCUT2D eigenvalue weighted by Crippen LogP contribution is 2.34. The van der Waals surface area contributed by atoms with Gasteiger partial charge in [0.05, 0.1) is 12.2 Å². The van der Waals surface area contributed by atoms with Gasteiger partial charge < -0.3 is 14.2 Å². The number of esters is 1. The summed E-state index contributed by atoms with van der Waals surface area (Å²) >= 11 is 3.40. The summed E-state index contributed by atoms with van der Waals surface area (Å²) in [6.45, 7) is 1.75. The molecule has 0 unspecified atom stereocenters. The zero-order valence-corrected chi connectivity index (χ0v) is 21.5. The number of imidazole rings is 1. The molecule has 2 heterocycles. The molecule has 4 aromatic rings. The maximum atomic E-state index is 13.0. The number of nitrogens with one attached hydrogen (secondary N) is 1. The number of hydrogen-bond acceptors (Lipinski definition) is 7. The molecule has 0 atom stereocenters. The van der Waals surface area contributed by atoms with Crippen molar-refractivity contribution in [3.63, 3.8) is 0 Å². The van der Waals surface area contributed by atoms with Crippen molar-refractivity contribution in [2.24, 2.45) is 0 Å². The highest BCUT2D eigenvalue weighted by molar-refractivity contribution is 9.10. The SMILES string of the molecule is CCOC(=O)CNc1c(-c2cccc(OS(=O)(=O)c3cccc(C(F)(F)F)c3)c2)nc2ccc(Br)cn12. The Bertz CT molecular complexity index is 1570. The quantitative estimate of drug-likeness (QED) is 0.211. The van der Waals surface area contributed by atoms with Crippen molar-refractivity contribution in [2.45, 2.75) is 18.0 Å². The van der Waals surface area contributed by atoms with E-state index in [0.717, 1.165) is 22.7 Å². The summed E-state index contributed by atoms with van der Waals surface area (Å²) in [6, 6.07) is 12.7. The average Bonchev–Trinajstić information content (AvgIpc) is 3.20. The molecule has 2 aromatic carbocycles. The second-order valence-corrected chi connectivity index (χ2v) is 10.1. The molecule has 0 saturated heterocycles. The van der Waals surface area contributed by atoms with Crippen molar-refractivity contribution < 1.29 is 35.3 Å². The number of halogens is 4. The smallest absolute Gasteiger partial charge is 0.416 e. The predicted octanol–water partition coefficient (Wildman–Crippen LogP) is 5.53. The van der Waals surface area contributed by atoms with Crippen molar-refractivity contribution in [2.75, 3.05) is 18.5 Å². The molecule has 1 N–H and O–H groups in total. The lowest BCUT2D eigenvalue weighted by molar-refractivity contribution is -0.141. The summed E-state index contributed by atoms with van der Waals surface area (Å²) in [5.41, 5.74) is 0.235. The van der Waals surface area contributed by atoms with Gasteiger partial charge in [0, 0.05) is 16.2 Å². The molecule has 8 nitrogen and oxygen atoms in total. The molecule has 37 heavy (non-hydrogen) atoms. The maximum absolute atomic E-state index is 13.0. The fourth-order valence-corrected chi connectivity index (χ4v) is 4.76. The largest absolute Gasteiger partial charge is 0.465 e. The zero-order valence-electron chi connectivity index (χ0n) is 19.1.